The molecule has 0 aliphatic carbocycles. The van der Waals surface area contributed by atoms with Gasteiger partial charge in [-0.1, -0.05) is 67.9 Å². The summed E-state index contributed by atoms with van der Waals surface area (Å²) in [5.74, 6) is 0.533. The van der Waals surface area contributed by atoms with Gasteiger partial charge in [0.15, 0.2) is 5.78 Å². The van der Waals surface area contributed by atoms with Gasteiger partial charge in [0.25, 0.3) is 0 Å². The molecule has 0 aromatic heterocycles. The minimum atomic E-state index is -0.411. The number of rotatable bonds is 9. The molecule has 3 nitrogen and oxygen atoms in total. The van der Waals surface area contributed by atoms with E-state index in [2.05, 4.69) is 19.2 Å². The number of thioether (sulfide) groups is 1. The highest BCUT2D eigenvalue weighted by molar-refractivity contribution is 8.00. The number of Topliss-reactive ketones (excluding diaryl/α,β-unsaturated/α-hetero) is 1. The fourth-order valence-corrected chi connectivity index (χ4v) is 3.76. The molecule has 0 fully saturated rings. The highest BCUT2D eigenvalue weighted by Gasteiger charge is 2.30. The van der Waals surface area contributed by atoms with Crippen molar-refractivity contribution >= 4 is 35.1 Å². The van der Waals surface area contributed by atoms with Crippen LogP contribution in [-0.2, 0) is 10.3 Å². The third-order valence-corrected chi connectivity index (χ3v) is 5.73. The van der Waals surface area contributed by atoms with Gasteiger partial charge in [-0.15, -0.1) is 11.8 Å². The van der Waals surface area contributed by atoms with Gasteiger partial charge in [-0.2, -0.15) is 0 Å². The molecule has 0 aliphatic rings. The number of nitrogens with one attached hydrogen (secondary N) is 1. The lowest BCUT2D eigenvalue weighted by atomic mass is 9.84. The van der Waals surface area contributed by atoms with Crippen LogP contribution < -0.4 is 5.32 Å². The second kappa shape index (κ2) is 9.79. The molecule has 138 valence electrons. The second-order valence-electron chi connectivity index (χ2n) is 6.13. The van der Waals surface area contributed by atoms with Crippen LogP contribution in [-0.4, -0.2) is 23.2 Å². The van der Waals surface area contributed by atoms with Crippen LogP contribution in [0.15, 0.2) is 54.6 Å². The van der Waals surface area contributed by atoms with Gasteiger partial charge in [0.1, 0.15) is 0 Å². The summed E-state index contributed by atoms with van der Waals surface area (Å²) in [4.78, 5) is 24.6. The van der Waals surface area contributed by atoms with E-state index in [1.54, 1.807) is 12.1 Å². The molecule has 0 aliphatic heterocycles. The van der Waals surface area contributed by atoms with Gasteiger partial charge in [-0.25, -0.2) is 0 Å². The van der Waals surface area contributed by atoms with Crippen molar-refractivity contribution in [3.8, 4) is 0 Å². The molecule has 1 amide bonds. The van der Waals surface area contributed by atoms with E-state index in [4.69, 9.17) is 11.6 Å². The first kappa shape index (κ1) is 20.5. The predicted octanol–water partition coefficient (Wildman–Crippen LogP) is 5.09. The van der Waals surface area contributed by atoms with Gasteiger partial charge in [-0.3, -0.25) is 9.59 Å². The quantitative estimate of drug-likeness (QED) is 0.608. The Kier molecular flexibility index (Phi) is 7.73. The molecule has 0 heterocycles. The van der Waals surface area contributed by atoms with Crippen LogP contribution in [0.1, 0.15) is 42.6 Å². The molecule has 0 saturated carbocycles. The van der Waals surface area contributed by atoms with Crippen LogP contribution in [0.4, 0.5) is 0 Å². The minimum absolute atomic E-state index is 0.0401. The molecule has 2 aromatic rings. The zero-order valence-corrected chi connectivity index (χ0v) is 16.7. The summed E-state index contributed by atoms with van der Waals surface area (Å²) in [5.41, 5.74) is 1.31. The molecule has 2 rings (SSSR count). The first-order valence-electron chi connectivity index (χ1n) is 8.74. The van der Waals surface area contributed by atoms with Crippen molar-refractivity contribution in [2.45, 2.75) is 32.2 Å². The number of carbonyl (C=O) groups is 2. The summed E-state index contributed by atoms with van der Waals surface area (Å²) in [6.07, 6.45) is 1.56. The van der Waals surface area contributed by atoms with E-state index in [9.17, 15) is 9.59 Å². The molecule has 0 radical (unpaired) electrons. The molecule has 0 saturated heterocycles. The molecule has 1 N–H and O–H groups in total. The van der Waals surface area contributed by atoms with Gasteiger partial charge in [-0.05, 0) is 30.5 Å². The number of amides is 1. The number of ketones is 1. The lowest BCUT2D eigenvalue weighted by Crippen LogP contribution is -2.45. The van der Waals surface area contributed by atoms with E-state index in [-0.39, 0.29) is 17.4 Å². The fraction of sp³-hybridized carbons (Fsp3) is 0.333. The molecule has 0 unspecified atom stereocenters. The van der Waals surface area contributed by atoms with Gasteiger partial charge in [0, 0.05) is 10.6 Å². The summed E-state index contributed by atoms with van der Waals surface area (Å²) in [5, 5.41) is 3.84. The SMILES string of the molecule is CCC(CC)(NC(=O)CSCC(=O)c1ccccc1)c1ccc(Cl)cc1. The monoisotopic (exact) mass is 389 g/mol. The van der Waals surface area contributed by atoms with Crippen LogP contribution in [0.5, 0.6) is 0 Å². The molecule has 2 aromatic carbocycles. The van der Waals surface area contributed by atoms with Crippen LogP contribution in [0.25, 0.3) is 0 Å². The molecule has 26 heavy (non-hydrogen) atoms. The maximum Gasteiger partial charge on any atom is 0.230 e. The Morgan fingerprint density at radius 2 is 1.58 bits per heavy atom. The largest absolute Gasteiger partial charge is 0.346 e. The van der Waals surface area contributed by atoms with Crippen LogP contribution in [0.3, 0.4) is 0 Å². The van der Waals surface area contributed by atoms with E-state index in [1.165, 1.54) is 11.8 Å². The molecule has 0 bridgehead atoms. The maximum atomic E-state index is 12.5. The summed E-state index contributed by atoms with van der Waals surface area (Å²) >= 11 is 7.32. The minimum Gasteiger partial charge on any atom is -0.346 e. The van der Waals surface area contributed by atoms with E-state index in [0.717, 1.165) is 18.4 Å². The van der Waals surface area contributed by atoms with Crippen molar-refractivity contribution < 1.29 is 9.59 Å². The average molecular weight is 390 g/mol. The zero-order valence-electron chi connectivity index (χ0n) is 15.1. The van der Waals surface area contributed by atoms with Crippen molar-refractivity contribution in [1.82, 2.24) is 5.32 Å². The van der Waals surface area contributed by atoms with Crippen molar-refractivity contribution in [2.75, 3.05) is 11.5 Å². The highest BCUT2D eigenvalue weighted by Crippen LogP contribution is 2.29. The summed E-state index contributed by atoms with van der Waals surface area (Å²) in [6.45, 7) is 4.12. The fourth-order valence-electron chi connectivity index (χ4n) is 2.92. The normalized spacial score (nSPS) is 11.2. The molecular weight excluding hydrogens is 366 g/mol. The van der Waals surface area contributed by atoms with E-state index in [0.29, 0.717) is 16.3 Å². The average Bonchev–Trinajstić information content (AvgIpc) is 2.67. The number of hydrogen-bond acceptors (Lipinski definition) is 3. The van der Waals surface area contributed by atoms with Crippen LogP contribution in [0.2, 0.25) is 5.02 Å². The predicted molar refractivity (Wildman–Crippen MR) is 110 cm³/mol. The standard InChI is InChI=1S/C21H24ClNO2S/c1-3-21(4-2,17-10-12-18(22)13-11-17)23-20(25)15-26-14-19(24)16-8-6-5-7-9-16/h5-13H,3-4,14-15H2,1-2H3,(H,23,25). The second-order valence-corrected chi connectivity index (χ2v) is 7.55. The molecular formula is C21H24ClNO2S. The number of hydrogen-bond donors (Lipinski definition) is 1. The summed E-state index contributed by atoms with van der Waals surface area (Å²) in [7, 11) is 0. The van der Waals surface area contributed by atoms with E-state index in [1.807, 2.05) is 42.5 Å². The van der Waals surface area contributed by atoms with E-state index < -0.39 is 5.54 Å². The Morgan fingerprint density at radius 1 is 0.962 bits per heavy atom. The Balaban J connectivity index is 1.93. The summed E-state index contributed by atoms with van der Waals surface area (Å²) in [6, 6.07) is 16.8. The molecule has 5 heteroatoms. The van der Waals surface area contributed by atoms with Gasteiger partial charge in [0.2, 0.25) is 5.91 Å². The maximum absolute atomic E-state index is 12.5. The summed E-state index contributed by atoms with van der Waals surface area (Å²) < 4.78 is 0. The first-order chi connectivity index (χ1) is 12.5. The third-order valence-electron chi connectivity index (χ3n) is 4.54. The Labute approximate surface area is 164 Å². The van der Waals surface area contributed by atoms with Gasteiger partial charge in [0.05, 0.1) is 17.0 Å². The van der Waals surface area contributed by atoms with Crippen molar-refractivity contribution in [3.63, 3.8) is 0 Å². The zero-order chi connectivity index (χ0) is 19.0. The molecule has 0 atom stereocenters. The number of benzene rings is 2. The molecule has 0 spiro atoms. The van der Waals surface area contributed by atoms with Crippen molar-refractivity contribution in [3.05, 3.63) is 70.7 Å². The van der Waals surface area contributed by atoms with Crippen LogP contribution >= 0.6 is 23.4 Å². The van der Waals surface area contributed by atoms with Crippen molar-refractivity contribution in [2.24, 2.45) is 0 Å². The number of halogens is 1. The topological polar surface area (TPSA) is 46.2 Å². The van der Waals surface area contributed by atoms with Crippen molar-refractivity contribution in [1.29, 1.82) is 0 Å². The smallest absolute Gasteiger partial charge is 0.230 e. The lowest BCUT2D eigenvalue weighted by Gasteiger charge is -2.33. The third kappa shape index (κ3) is 5.36. The highest BCUT2D eigenvalue weighted by atomic mass is 35.5. The Morgan fingerprint density at radius 3 is 2.15 bits per heavy atom. The van der Waals surface area contributed by atoms with Gasteiger partial charge >= 0.3 is 0 Å². The van der Waals surface area contributed by atoms with Gasteiger partial charge < -0.3 is 5.32 Å². The number of carbonyl (C=O) groups excluding carboxylic acids is 2. The van der Waals surface area contributed by atoms with Crippen LogP contribution in [0, 0.1) is 0 Å². The first-order valence-corrected chi connectivity index (χ1v) is 10.3. The lowest BCUT2D eigenvalue weighted by molar-refractivity contribution is -0.120. The Bertz CT molecular complexity index is 727. The Hall–Kier alpha value is -1.78. The van der Waals surface area contributed by atoms with E-state index >= 15 is 0 Å².